The molecule has 3 heterocycles. The third-order valence-electron chi connectivity index (χ3n) is 6.04. The number of fused-ring (bicyclic) bond motifs is 1. The van der Waals surface area contributed by atoms with E-state index in [0.29, 0.717) is 57.4 Å². The zero-order valence-corrected chi connectivity index (χ0v) is 19.0. The fraction of sp³-hybridized carbons (Fsp3) is 0.391. The average Bonchev–Trinajstić information content (AvgIpc) is 3.35. The van der Waals surface area contributed by atoms with Crippen LogP contribution in [-0.4, -0.2) is 86.7 Å². The van der Waals surface area contributed by atoms with E-state index in [1.165, 1.54) is 15.4 Å². The highest BCUT2D eigenvalue weighted by Gasteiger charge is 2.31. The minimum atomic E-state index is -3.65. The highest BCUT2D eigenvalue weighted by molar-refractivity contribution is 7.89. The van der Waals surface area contributed by atoms with Gasteiger partial charge in [-0.3, -0.25) is 9.69 Å². The van der Waals surface area contributed by atoms with Crippen molar-refractivity contribution in [1.82, 2.24) is 14.2 Å². The van der Waals surface area contributed by atoms with Gasteiger partial charge in [0, 0.05) is 38.7 Å². The van der Waals surface area contributed by atoms with Gasteiger partial charge in [-0.25, -0.2) is 13.4 Å². The zero-order chi connectivity index (χ0) is 22.8. The van der Waals surface area contributed by atoms with Crippen molar-refractivity contribution in [3.05, 3.63) is 54.1 Å². The molecule has 0 N–H and O–H groups in total. The van der Waals surface area contributed by atoms with Crippen LogP contribution in [0.4, 0.5) is 0 Å². The Morgan fingerprint density at radius 3 is 2.39 bits per heavy atom. The molecule has 1 fully saturated rings. The van der Waals surface area contributed by atoms with Crippen LogP contribution >= 0.6 is 0 Å². The van der Waals surface area contributed by atoms with Gasteiger partial charge in [0.2, 0.25) is 10.0 Å². The van der Waals surface area contributed by atoms with Gasteiger partial charge < -0.3 is 9.47 Å². The Kier molecular flexibility index (Phi) is 6.05. The van der Waals surface area contributed by atoms with E-state index in [2.05, 4.69) is 5.10 Å². The number of nitrogens with zero attached hydrogens (tertiary/aromatic N) is 4. The normalized spacial score (nSPS) is 19.4. The number of carbonyl (C=O) groups is 1. The van der Waals surface area contributed by atoms with E-state index in [1.807, 2.05) is 35.2 Å². The maximum Gasteiger partial charge on any atom is 0.256 e. The van der Waals surface area contributed by atoms with Crippen molar-refractivity contribution in [2.45, 2.75) is 11.3 Å². The maximum atomic E-state index is 13.1. The van der Waals surface area contributed by atoms with E-state index >= 15 is 0 Å². The third kappa shape index (κ3) is 4.59. The lowest BCUT2D eigenvalue weighted by Gasteiger charge is -2.34. The van der Waals surface area contributed by atoms with E-state index in [0.717, 1.165) is 17.7 Å². The van der Waals surface area contributed by atoms with Gasteiger partial charge in [-0.1, -0.05) is 30.3 Å². The van der Waals surface area contributed by atoms with Crippen molar-refractivity contribution < 1.29 is 22.7 Å². The number of benzene rings is 2. The molecular weight excluding hydrogens is 444 g/mol. The van der Waals surface area contributed by atoms with Gasteiger partial charge in [-0.15, -0.1) is 0 Å². The first-order valence-corrected chi connectivity index (χ1v) is 12.5. The van der Waals surface area contributed by atoms with E-state index in [4.69, 9.17) is 9.47 Å². The smallest absolute Gasteiger partial charge is 0.256 e. The van der Waals surface area contributed by atoms with Gasteiger partial charge in [0.25, 0.3) is 5.91 Å². The first kappa shape index (κ1) is 21.9. The highest BCUT2D eigenvalue weighted by atomic mass is 32.2. The van der Waals surface area contributed by atoms with Crippen LogP contribution in [0.5, 0.6) is 11.5 Å². The van der Waals surface area contributed by atoms with Crippen LogP contribution in [0.25, 0.3) is 0 Å². The number of carbonyl (C=O) groups excluding carboxylic acids is 1. The summed E-state index contributed by atoms with van der Waals surface area (Å²) in [6, 6.07) is 14.6. The lowest BCUT2D eigenvalue weighted by atomic mass is 10.1. The maximum absolute atomic E-state index is 13.1. The summed E-state index contributed by atoms with van der Waals surface area (Å²) in [6.07, 6.45) is 0.733. The molecule has 174 valence electrons. The summed E-state index contributed by atoms with van der Waals surface area (Å²) in [5, 5.41) is 6.03. The molecule has 0 unspecified atom stereocenters. The number of sulfonamides is 1. The van der Waals surface area contributed by atoms with E-state index in [1.54, 1.807) is 12.1 Å². The molecule has 0 aromatic heterocycles. The second-order valence-corrected chi connectivity index (χ2v) is 10.1. The van der Waals surface area contributed by atoms with Crippen LogP contribution in [0.3, 0.4) is 0 Å². The van der Waals surface area contributed by atoms with Crippen molar-refractivity contribution in [3.8, 4) is 11.5 Å². The molecule has 33 heavy (non-hydrogen) atoms. The molecule has 3 aliphatic rings. The molecular formula is C23H26N4O5S. The first-order valence-electron chi connectivity index (χ1n) is 11.1. The predicted octanol–water partition coefficient (Wildman–Crippen LogP) is 1.40. The van der Waals surface area contributed by atoms with Gasteiger partial charge in [0.15, 0.2) is 11.5 Å². The van der Waals surface area contributed by atoms with Gasteiger partial charge in [-0.05, 0) is 17.7 Å². The second kappa shape index (κ2) is 9.12. The van der Waals surface area contributed by atoms with Crippen molar-refractivity contribution in [2.75, 3.05) is 52.5 Å². The fourth-order valence-electron chi connectivity index (χ4n) is 4.20. The SMILES string of the molecule is O=C(CN1CCN(S(=O)(=O)c2ccc3c(c2)OCCO3)CC1)N1CCC(c2ccccc2)=N1. The molecule has 0 aliphatic carbocycles. The van der Waals surface area contributed by atoms with E-state index < -0.39 is 10.0 Å². The van der Waals surface area contributed by atoms with Crippen LogP contribution in [-0.2, 0) is 14.8 Å². The standard InChI is InChI=1S/C23H26N4O5S/c28-23(27-9-8-20(24-27)18-4-2-1-3-5-18)17-25-10-12-26(13-11-25)33(29,30)19-6-7-21-22(16-19)32-15-14-31-21/h1-7,16H,8-15,17H2. The topological polar surface area (TPSA) is 91.8 Å². The molecule has 0 radical (unpaired) electrons. The number of hydrazone groups is 1. The monoisotopic (exact) mass is 470 g/mol. The molecule has 1 amide bonds. The van der Waals surface area contributed by atoms with Gasteiger partial charge >= 0.3 is 0 Å². The summed E-state index contributed by atoms with van der Waals surface area (Å²) in [5.41, 5.74) is 1.95. The van der Waals surface area contributed by atoms with Crippen LogP contribution in [0.1, 0.15) is 12.0 Å². The molecule has 1 saturated heterocycles. The van der Waals surface area contributed by atoms with Crippen molar-refractivity contribution in [1.29, 1.82) is 0 Å². The summed E-state index contributed by atoms with van der Waals surface area (Å²) >= 11 is 0. The van der Waals surface area contributed by atoms with Crippen LogP contribution in [0.2, 0.25) is 0 Å². The van der Waals surface area contributed by atoms with Gasteiger partial charge in [0.05, 0.1) is 23.7 Å². The number of hydrogen-bond acceptors (Lipinski definition) is 7. The molecule has 5 rings (SSSR count). The average molecular weight is 471 g/mol. The molecule has 0 atom stereocenters. The molecule has 3 aliphatic heterocycles. The molecule has 9 nitrogen and oxygen atoms in total. The van der Waals surface area contributed by atoms with Crippen molar-refractivity contribution in [2.24, 2.45) is 5.10 Å². The van der Waals surface area contributed by atoms with Crippen molar-refractivity contribution in [3.63, 3.8) is 0 Å². The van der Waals surface area contributed by atoms with Crippen LogP contribution in [0.15, 0.2) is 58.5 Å². The summed E-state index contributed by atoms with van der Waals surface area (Å²) in [4.78, 5) is 14.9. The molecule has 0 spiro atoms. The van der Waals surface area contributed by atoms with Gasteiger partial charge in [-0.2, -0.15) is 9.41 Å². The molecule has 0 saturated carbocycles. The Hall–Kier alpha value is -2.95. The summed E-state index contributed by atoms with van der Waals surface area (Å²) in [7, 11) is -3.65. The molecule has 2 aromatic rings. The Bertz CT molecular complexity index is 1160. The minimum absolute atomic E-state index is 0.0657. The fourth-order valence-corrected chi connectivity index (χ4v) is 5.64. The van der Waals surface area contributed by atoms with E-state index in [-0.39, 0.29) is 17.3 Å². The Balaban J connectivity index is 1.17. The molecule has 10 heteroatoms. The van der Waals surface area contributed by atoms with E-state index in [9.17, 15) is 13.2 Å². The van der Waals surface area contributed by atoms with Gasteiger partial charge in [0.1, 0.15) is 13.2 Å². The quantitative estimate of drug-likeness (QED) is 0.656. The largest absolute Gasteiger partial charge is 0.486 e. The zero-order valence-electron chi connectivity index (χ0n) is 18.2. The summed E-state index contributed by atoms with van der Waals surface area (Å²) in [6.45, 7) is 3.26. The Morgan fingerprint density at radius 1 is 0.909 bits per heavy atom. The predicted molar refractivity (Wildman–Crippen MR) is 122 cm³/mol. The van der Waals surface area contributed by atoms with Crippen LogP contribution < -0.4 is 9.47 Å². The minimum Gasteiger partial charge on any atom is -0.486 e. The lowest BCUT2D eigenvalue weighted by molar-refractivity contribution is -0.132. The molecule has 2 aromatic carbocycles. The second-order valence-electron chi connectivity index (χ2n) is 8.17. The van der Waals surface area contributed by atoms with Crippen molar-refractivity contribution >= 4 is 21.6 Å². The number of hydrogen-bond donors (Lipinski definition) is 0. The Morgan fingerprint density at radius 2 is 1.64 bits per heavy atom. The number of piperazine rings is 1. The number of ether oxygens (including phenoxy) is 2. The molecule has 0 bridgehead atoms. The van der Waals surface area contributed by atoms with Crippen LogP contribution in [0, 0.1) is 0 Å². The first-order chi connectivity index (χ1) is 16.0. The number of rotatable bonds is 5. The third-order valence-corrected chi connectivity index (χ3v) is 7.93. The lowest BCUT2D eigenvalue weighted by Crippen LogP contribution is -2.50. The highest BCUT2D eigenvalue weighted by Crippen LogP contribution is 2.33. The number of amides is 1. The summed E-state index contributed by atoms with van der Waals surface area (Å²) in [5.74, 6) is 0.945. The Labute approximate surface area is 193 Å². The summed E-state index contributed by atoms with van der Waals surface area (Å²) < 4.78 is 38.7.